The fourth-order valence-corrected chi connectivity index (χ4v) is 2.72. The van der Waals surface area contributed by atoms with Crippen molar-refractivity contribution in [2.45, 2.75) is 6.54 Å². The van der Waals surface area contributed by atoms with Crippen molar-refractivity contribution in [3.8, 4) is 0 Å². The summed E-state index contributed by atoms with van der Waals surface area (Å²) in [6.45, 7) is 0.217. The molecular weight excluding hydrogens is 371 g/mol. The second kappa shape index (κ2) is 8.38. The van der Waals surface area contributed by atoms with E-state index < -0.39 is 5.91 Å². The van der Waals surface area contributed by atoms with Crippen molar-refractivity contribution in [2.75, 3.05) is 13.6 Å². The summed E-state index contributed by atoms with van der Waals surface area (Å²) in [5.41, 5.74) is 1.10. The molecule has 0 atom stereocenters. The highest BCUT2D eigenvalue weighted by Crippen LogP contribution is 2.21. The van der Waals surface area contributed by atoms with Crippen LogP contribution < -0.4 is 5.32 Å². The lowest BCUT2D eigenvalue weighted by Gasteiger charge is -2.18. The first-order chi connectivity index (χ1) is 11.4. The normalized spacial score (nSPS) is 10.3. The smallest absolute Gasteiger partial charge is 0.253 e. The number of nitrogens with one attached hydrogen (secondary N) is 1. The van der Waals surface area contributed by atoms with Crippen LogP contribution in [-0.4, -0.2) is 30.3 Å². The third-order valence-electron chi connectivity index (χ3n) is 3.37. The van der Waals surface area contributed by atoms with E-state index in [4.69, 9.17) is 34.8 Å². The second-order valence-electron chi connectivity index (χ2n) is 5.15. The molecule has 7 heteroatoms. The Morgan fingerprint density at radius 3 is 2.42 bits per heavy atom. The zero-order chi connectivity index (χ0) is 17.7. The molecule has 0 bridgehead atoms. The zero-order valence-electron chi connectivity index (χ0n) is 12.9. The van der Waals surface area contributed by atoms with Crippen molar-refractivity contribution in [2.24, 2.45) is 0 Å². The molecule has 24 heavy (non-hydrogen) atoms. The van der Waals surface area contributed by atoms with Gasteiger partial charge in [-0.1, -0.05) is 53.0 Å². The summed E-state index contributed by atoms with van der Waals surface area (Å²) in [5.74, 6) is -0.676. The van der Waals surface area contributed by atoms with Gasteiger partial charge in [-0.15, -0.1) is 0 Å². The summed E-state index contributed by atoms with van der Waals surface area (Å²) in [7, 11) is 1.65. The van der Waals surface area contributed by atoms with Gasteiger partial charge in [-0.2, -0.15) is 0 Å². The molecule has 0 saturated carbocycles. The second-order valence-corrected chi connectivity index (χ2v) is 6.40. The molecular formula is C17H15Cl3N2O2. The van der Waals surface area contributed by atoms with Gasteiger partial charge >= 0.3 is 0 Å². The molecule has 2 aromatic carbocycles. The van der Waals surface area contributed by atoms with Gasteiger partial charge in [-0.25, -0.2) is 0 Å². The van der Waals surface area contributed by atoms with Crippen molar-refractivity contribution in [1.82, 2.24) is 10.2 Å². The van der Waals surface area contributed by atoms with Gasteiger partial charge < -0.3 is 10.2 Å². The van der Waals surface area contributed by atoms with Gasteiger partial charge in [0.1, 0.15) is 0 Å². The number of benzene rings is 2. The van der Waals surface area contributed by atoms with Crippen LogP contribution in [0.2, 0.25) is 15.1 Å². The van der Waals surface area contributed by atoms with E-state index in [2.05, 4.69) is 5.32 Å². The maximum absolute atomic E-state index is 12.1. The zero-order valence-corrected chi connectivity index (χ0v) is 15.1. The van der Waals surface area contributed by atoms with Crippen molar-refractivity contribution in [3.05, 3.63) is 68.7 Å². The summed E-state index contributed by atoms with van der Waals surface area (Å²) in [6.07, 6.45) is 0. The fourth-order valence-electron chi connectivity index (χ4n) is 2.03. The van der Waals surface area contributed by atoms with Crippen LogP contribution in [0, 0.1) is 0 Å². The number of hydrogen-bond donors (Lipinski definition) is 1. The van der Waals surface area contributed by atoms with Crippen molar-refractivity contribution in [1.29, 1.82) is 0 Å². The number of rotatable bonds is 5. The molecule has 0 saturated heterocycles. The predicted octanol–water partition coefficient (Wildman–Crippen LogP) is 4.04. The van der Waals surface area contributed by atoms with Crippen LogP contribution in [0.25, 0.3) is 0 Å². The lowest BCUT2D eigenvalue weighted by Crippen LogP contribution is -2.37. The summed E-state index contributed by atoms with van der Waals surface area (Å²) < 4.78 is 0. The molecule has 2 rings (SSSR count). The highest BCUT2D eigenvalue weighted by molar-refractivity contribution is 6.36. The van der Waals surface area contributed by atoms with Crippen LogP contribution in [0.4, 0.5) is 0 Å². The molecule has 0 unspecified atom stereocenters. The van der Waals surface area contributed by atoms with E-state index in [9.17, 15) is 9.59 Å². The standard InChI is InChI=1S/C17H15Cl3N2O2/c1-22(10-11-4-2-3-5-14(11)19)16(23)9-21-17(24)13-7-6-12(18)8-15(13)20/h2-8H,9-10H2,1H3,(H,21,24). The maximum atomic E-state index is 12.1. The molecule has 1 N–H and O–H groups in total. The minimum atomic E-state index is -0.434. The van der Waals surface area contributed by atoms with Gasteiger partial charge in [0.05, 0.1) is 17.1 Å². The summed E-state index contributed by atoms with van der Waals surface area (Å²) in [4.78, 5) is 25.7. The van der Waals surface area contributed by atoms with Gasteiger partial charge in [-0.05, 0) is 29.8 Å². The monoisotopic (exact) mass is 384 g/mol. The average molecular weight is 386 g/mol. The Morgan fingerprint density at radius 1 is 1.04 bits per heavy atom. The summed E-state index contributed by atoms with van der Waals surface area (Å²) in [5, 5.41) is 3.81. The molecule has 0 fully saturated rings. The van der Waals surface area contributed by atoms with Crippen molar-refractivity contribution in [3.63, 3.8) is 0 Å². The molecule has 0 aromatic heterocycles. The van der Waals surface area contributed by atoms with E-state index >= 15 is 0 Å². The Bertz CT molecular complexity index is 765. The lowest BCUT2D eigenvalue weighted by atomic mass is 10.2. The van der Waals surface area contributed by atoms with Crippen LogP contribution in [0.1, 0.15) is 15.9 Å². The number of carbonyl (C=O) groups excluding carboxylic acids is 2. The van der Waals surface area contributed by atoms with Gasteiger partial charge in [0.25, 0.3) is 5.91 Å². The molecule has 2 aromatic rings. The van der Waals surface area contributed by atoms with E-state index in [0.29, 0.717) is 16.6 Å². The molecule has 4 nitrogen and oxygen atoms in total. The van der Waals surface area contributed by atoms with Crippen molar-refractivity contribution < 1.29 is 9.59 Å². The molecule has 0 aliphatic heterocycles. The van der Waals surface area contributed by atoms with Gasteiger partial charge in [0.15, 0.2) is 0 Å². The largest absolute Gasteiger partial charge is 0.343 e. The summed E-state index contributed by atoms with van der Waals surface area (Å²) in [6, 6.07) is 11.8. The predicted molar refractivity (Wildman–Crippen MR) is 96.7 cm³/mol. The maximum Gasteiger partial charge on any atom is 0.253 e. The van der Waals surface area contributed by atoms with Crippen LogP contribution in [0.15, 0.2) is 42.5 Å². The number of nitrogens with zero attached hydrogens (tertiary/aromatic N) is 1. The number of halogens is 3. The lowest BCUT2D eigenvalue weighted by molar-refractivity contribution is -0.129. The number of amides is 2. The minimum Gasteiger partial charge on any atom is -0.343 e. The minimum absolute atomic E-state index is 0.140. The molecule has 0 spiro atoms. The van der Waals surface area contributed by atoms with Crippen LogP contribution in [-0.2, 0) is 11.3 Å². The van der Waals surface area contributed by atoms with Gasteiger partial charge in [0, 0.05) is 23.6 Å². The third kappa shape index (κ3) is 4.87. The van der Waals surface area contributed by atoms with Crippen LogP contribution in [0.3, 0.4) is 0 Å². The number of likely N-dealkylation sites (N-methyl/N-ethyl adjacent to an activating group) is 1. The fraction of sp³-hybridized carbons (Fsp3) is 0.176. The SMILES string of the molecule is CN(Cc1ccccc1Cl)C(=O)CNC(=O)c1ccc(Cl)cc1Cl. The molecule has 0 radical (unpaired) electrons. The van der Waals surface area contributed by atoms with E-state index in [1.54, 1.807) is 19.2 Å². The first-order valence-corrected chi connectivity index (χ1v) is 8.22. The Hall–Kier alpha value is -1.75. The first kappa shape index (κ1) is 18.6. The van der Waals surface area contributed by atoms with Gasteiger partial charge in [-0.3, -0.25) is 9.59 Å². The van der Waals surface area contributed by atoms with E-state index in [1.165, 1.54) is 17.0 Å². The molecule has 0 heterocycles. The highest BCUT2D eigenvalue weighted by atomic mass is 35.5. The first-order valence-electron chi connectivity index (χ1n) is 7.09. The topological polar surface area (TPSA) is 49.4 Å². The molecule has 0 aliphatic rings. The van der Waals surface area contributed by atoms with Gasteiger partial charge in [0.2, 0.25) is 5.91 Å². The van der Waals surface area contributed by atoms with Crippen LogP contribution >= 0.6 is 34.8 Å². The van der Waals surface area contributed by atoms with E-state index in [0.717, 1.165) is 5.56 Å². The Kier molecular flexibility index (Phi) is 6.49. The number of carbonyl (C=O) groups is 2. The Balaban J connectivity index is 1.92. The van der Waals surface area contributed by atoms with E-state index in [1.807, 2.05) is 18.2 Å². The third-order valence-corrected chi connectivity index (χ3v) is 4.28. The summed E-state index contributed by atoms with van der Waals surface area (Å²) >= 11 is 17.8. The Morgan fingerprint density at radius 2 is 1.75 bits per heavy atom. The Labute approximate surface area is 155 Å². The highest BCUT2D eigenvalue weighted by Gasteiger charge is 2.15. The quantitative estimate of drug-likeness (QED) is 0.844. The number of hydrogen-bond acceptors (Lipinski definition) is 2. The molecule has 0 aliphatic carbocycles. The van der Waals surface area contributed by atoms with Crippen LogP contribution in [0.5, 0.6) is 0 Å². The molecule has 2 amide bonds. The average Bonchev–Trinajstić information content (AvgIpc) is 2.54. The van der Waals surface area contributed by atoms with E-state index in [-0.39, 0.29) is 23.0 Å². The van der Waals surface area contributed by atoms with Crippen molar-refractivity contribution >= 4 is 46.6 Å². The molecule has 126 valence electrons.